The van der Waals surface area contributed by atoms with E-state index in [1.807, 2.05) is 0 Å². The van der Waals surface area contributed by atoms with Crippen LogP contribution < -0.4 is 0 Å². The molecule has 0 aliphatic carbocycles. The number of hydrogen-bond donors (Lipinski definition) is 0. The highest BCUT2D eigenvalue weighted by atomic mass is 35.5. The van der Waals surface area contributed by atoms with Gasteiger partial charge in [0, 0.05) is 12.5 Å². The Kier molecular flexibility index (Phi) is 3.66. The van der Waals surface area contributed by atoms with Crippen molar-refractivity contribution in [2.75, 3.05) is 6.61 Å². The maximum atomic E-state index is 11.7. The topological polar surface area (TPSA) is 95.7 Å². The summed E-state index contributed by atoms with van der Waals surface area (Å²) in [7, 11) is 0. The molecule has 1 saturated heterocycles. The number of rotatable bonds is 3. The van der Waals surface area contributed by atoms with E-state index in [1.54, 1.807) is 0 Å². The molecule has 0 spiro atoms. The Morgan fingerprint density at radius 1 is 1.53 bits per heavy atom. The second-order valence-corrected chi connectivity index (χ2v) is 4.18. The van der Waals surface area contributed by atoms with Crippen LogP contribution in [0.5, 0.6) is 0 Å². The first-order valence-corrected chi connectivity index (χ1v) is 5.68. The van der Waals surface area contributed by atoms with Crippen molar-refractivity contribution in [1.29, 1.82) is 0 Å². The smallest absolute Gasteiger partial charge is 0.347 e. The van der Waals surface area contributed by atoms with E-state index in [1.165, 1.54) is 12.1 Å². The van der Waals surface area contributed by atoms with Gasteiger partial charge in [-0.2, -0.15) is 0 Å². The molecule has 0 aromatic heterocycles. The Balaban J connectivity index is 2.17. The monoisotopic (exact) mass is 285 g/mol. The van der Waals surface area contributed by atoms with Crippen LogP contribution in [0, 0.1) is 10.1 Å². The molecular formula is C11H8ClNO6. The summed E-state index contributed by atoms with van der Waals surface area (Å²) < 4.78 is 9.54. The number of benzene rings is 1. The molecule has 19 heavy (non-hydrogen) atoms. The summed E-state index contributed by atoms with van der Waals surface area (Å²) in [6, 6.07) is 3.52. The predicted octanol–water partition coefficient (Wildman–Crippen LogP) is 1.72. The third-order valence-corrected chi connectivity index (χ3v) is 2.83. The molecule has 8 heteroatoms. The number of esters is 2. The second kappa shape index (κ2) is 5.23. The standard InChI is InChI=1S/C11H8ClNO6/c12-7-2-1-6(5-8(7)13(16)17)10(14)19-9-3-4-18-11(9)15/h1-2,5,9H,3-4H2. The van der Waals surface area contributed by atoms with Crippen LogP contribution in [0.15, 0.2) is 18.2 Å². The molecular weight excluding hydrogens is 278 g/mol. The van der Waals surface area contributed by atoms with Gasteiger partial charge in [0.2, 0.25) is 6.10 Å². The molecule has 1 aromatic rings. The molecule has 1 aliphatic rings. The van der Waals surface area contributed by atoms with Crippen molar-refractivity contribution in [2.45, 2.75) is 12.5 Å². The van der Waals surface area contributed by atoms with Gasteiger partial charge in [-0.25, -0.2) is 9.59 Å². The van der Waals surface area contributed by atoms with Gasteiger partial charge < -0.3 is 9.47 Å². The van der Waals surface area contributed by atoms with E-state index in [0.29, 0.717) is 0 Å². The Labute approximate surface area is 112 Å². The van der Waals surface area contributed by atoms with E-state index in [2.05, 4.69) is 4.74 Å². The van der Waals surface area contributed by atoms with Crippen LogP contribution in [0.4, 0.5) is 5.69 Å². The van der Waals surface area contributed by atoms with Gasteiger partial charge in [-0.15, -0.1) is 0 Å². The lowest BCUT2D eigenvalue weighted by Gasteiger charge is -2.08. The van der Waals surface area contributed by atoms with Crippen molar-refractivity contribution in [3.63, 3.8) is 0 Å². The molecule has 0 saturated carbocycles. The Hall–Kier alpha value is -2.15. The van der Waals surface area contributed by atoms with Crippen molar-refractivity contribution >= 4 is 29.2 Å². The van der Waals surface area contributed by atoms with Crippen LogP contribution >= 0.6 is 11.6 Å². The zero-order valence-electron chi connectivity index (χ0n) is 9.50. The molecule has 1 fully saturated rings. The maximum absolute atomic E-state index is 11.7. The molecule has 0 radical (unpaired) electrons. The Morgan fingerprint density at radius 3 is 2.84 bits per heavy atom. The van der Waals surface area contributed by atoms with Crippen LogP contribution in [0.3, 0.4) is 0 Å². The summed E-state index contributed by atoms with van der Waals surface area (Å²) in [5.74, 6) is -1.44. The summed E-state index contributed by atoms with van der Waals surface area (Å²) in [6.07, 6.45) is -0.678. The number of ether oxygens (including phenoxy) is 2. The van der Waals surface area contributed by atoms with E-state index in [-0.39, 0.29) is 23.6 Å². The fraction of sp³-hybridized carbons (Fsp3) is 0.273. The summed E-state index contributed by atoms with van der Waals surface area (Å²) in [4.78, 5) is 32.9. The Bertz CT molecular complexity index is 558. The average molecular weight is 286 g/mol. The minimum absolute atomic E-state index is 0.0456. The summed E-state index contributed by atoms with van der Waals surface area (Å²) in [5, 5.41) is 10.6. The van der Waals surface area contributed by atoms with Gasteiger partial charge in [0.25, 0.3) is 5.69 Å². The molecule has 1 unspecified atom stereocenters. The summed E-state index contributed by atoms with van der Waals surface area (Å²) in [5.41, 5.74) is -0.444. The highest BCUT2D eigenvalue weighted by molar-refractivity contribution is 6.32. The first-order chi connectivity index (χ1) is 8.99. The molecule has 2 rings (SSSR count). The summed E-state index contributed by atoms with van der Waals surface area (Å²) in [6.45, 7) is 0.192. The number of nitro groups is 1. The number of carbonyl (C=O) groups excluding carboxylic acids is 2. The zero-order chi connectivity index (χ0) is 14.0. The molecule has 0 bridgehead atoms. The van der Waals surface area contributed by atoms with Gasteiger partial charge in [0.1, 0.15) is 5.02 Å². The fourth-order valence-electron chi connectivity index (χ4n) is 1.56. The summed E-state index contributed by atoms with van der Waals surface area (Å²) >= 11 is 5.62. The van der Waals surface area contributed by atoms with Crippen molar-refractivity contribution in [1.82, 2.24) is 0 Å². The van der Waals surface area contributed by atoms with Crippen LogP contribution in [0.2, 0.25) is 5.02 Å². The minimum Gasteiger partial charge on any atom is -0.463 e. The van der Waals surface area contributed by atoms with Crippen LogP contribution in [0.25, 0.3) is 0 Å². The second-order valence-electron chi connectivity index (χ2n) is 3.77. The van der Waals surface area contributed by atoms with Gasteiger partial charge in [-0.3, -0.25) is 10.1 Å². The van der Waals surface area contributed by atoms with Gasteiger partial charge in [0.05, 0.1) is 17.1 Å². The molecule has 1 heterocycles. The average Bonchev–Trinajstić information content (AvgIpc) is 2.75. The van der Waals surface area contributed by atoms with Gasteiger partial charge in [0.15, 0.2) is 0 Å². The molecule has 1 aliphatic heterocycles. The van der Waals surface area contributed by atoms with Crippen molar-refractivity contribution < 1.29 is 24.0 Å². The third kappa shape index (κ3) is 2.82. The third-order valence-electron chi connectivity index (χ3n) is 2.52. The first kappa shape index (κ1) is 13.3. The van der Waals surface area contributed by atoms with E-state index in [0.717, 1.165) is 6.07 Å². The normalized spacial score (nSPS) is 17.9. The number of nitro benzene ring substituents is 1. The number of nitrogens with zero attached hydrogens (tertiary/aromatic N) is 1. The zero-order valence-corrected chi connectivity index (χ0v) is 10.3. The quantitative estimate of drug-likeness (QED) is 0.476. The SMILES string of the molecule is O=C(OC1CCOC1=O)c1ccc(Cl)c([N+](=O)[O-])c1. The highest BCUT2D eigenvalue weighted by Crippen LogP contribution is 2.25. The van der Waals surface area contributed by atoms with Gasteiger partial charge >= 0.3 is 11.9 Å². The highest BCUT2D eigenvalue weighted by Gasteiger charge is 2.31. The molecule has 100 valence electrons. The molecule has 0 amide bonds. The number of cyclic esters (lactones) is 1. The lowest BCUT2D eigenvalue weighted by molar-refractivity contribution is -0.384. The van der Waals surface area contributed by atoms with Crippen LogP contribution in [-0.4, -0.2) is 29.6 Å². The molecule has 1 atom stereocenters. The lowest BCUT2D eigenvalue weighted by atomic mass is 10.2. The van der Waals surface area contributed by atoms with E-state index < -0.39 is 28.7 Å². The predicted molar refractivity (Wildman–Crippen MR) is 62.9 cm³/mol. The van der Waals surface area contributed by atoms with Crippen LogP contribution in [-0.2, 0) is 14.3 Å². The van der Waals surface area contributed by atoms with Crippen molar-refractivity contribution in [3.05, 3.63) is 38.9 Å². The van der Waals surface area contributed by atoms with Crippen LogP contribution in [0.1, 0.15) is 16.8 Å². The molecule has 0 N–H and O–H groups in total. The Morgan fingerprint density at radius 2 is 2.26 bits per heavy atom. The maximum Gasteiger partial charge on any atom is 0.347 e. The largest absolute Gasteiger partial charge is 0.463 e. The van der Waals surface area contributed by atoms with Gasteiger partial charge in [-0.1, -0.05) is 11.6 Å². The van der Waals surface area contributed by atoms with E-state index in [9.17, 15) is 19.7 Å². The molecule has 7 nitrogen and oxygen atoms in total. The number of hydrogen-bond acceptors (Lipinski definition) is 6. The number of carbonyl (C=O) groups is 2. The van der Waals surface area contributed by atoms with Crippen molar-refractivity contribution in [2.24, 2.45) is 0 Å². The lowest BCUT2D eigenvalue weighted by Crippen LogP contribution is -2.22. The van der Waals surface area contributed by atoms with E-state index in [4.69, 9.17) is 16.3 Å². The first-order valence-electron chi connectivity index (χ1n) is 5.30. The number of halogens is 1. The fourth-order valence-corrected chi connectivity index (χ4v) is 1.75. The minimum atomic E-state index is -0.956. The molecule has 1 aromatic carbocycles. The van der Waals surface area contributed by atoms with E-state index >= 15 is 0 Å². The van der Waals surface area contributed by atoms with Crippen molar-refractivity contribution in [3.8, 4) is 0 Å². The van der Waals surface area contributed by atoms with Gasteiger partial charge in [-0.05, 0) is 12.1 Å².